The Kier molecular flexibility index (Phi) is 5.01. The first-order valence-electron chi connectivity index (χ1n) is 6.02. The van der Waals surface area contributed by atoms with E-state index in [2.05, 4.69) is 5.43 Å². The molecule has 0 aromatic carbocycles. The fraction of sp³-hybridized carbons (Fsp3) is 0.833. The molecule has 1 fully saturated rings. The first kappa shape index (κ1) is 14.5. The normalized spacial score (nSPS) is 27.6. The van der Waals surface area contributed by atoms with Crippen LogP contribution in [0.4, 0.5) is 13.2 Å². The van der Waals surface area contributed by atoms with E-state index in [1.54, 1.807) is 0 Å². The van der Waals surface area contributed by atoms with Crippen LogP contribution in [0.2, 0.25) is 0 Å². The number of allylic oxidation sites excluding steroid dienone is 1. The summed E-state index contributed by atoms with van der Waals surface area (Å²) in [5.74, 6) is 4.55. The summed E-state index contributed by atoms with van der Waals surface area (Å²) in [6.45, 7) is 3.93. The van der Waals surface area contributed by atoms with Crippen LogP contribution >= 0.6 is 0 Å². The number of nitrogens with one attached hydrogen (secondary N) is 1. The summed E-state index contributed by atoms with van der Waals surface area (Å²) in [6.07, 6.45) is -0.413. The zero-order chi connectivity index (χ0) is 13.1. The smallest absolute Gasteiger partial charge is 0.271 e. The number of hydrogen-bond donors (Lipinski definition) is 2. The van der Waals surface area contributed by atoms with E-state index in [1.165, 1.54) is 0 Å². The van der Waals surface area contributed by atoms with E-state index in [0.29, 0.717) is 12.8 Å². The minimum Gasteiger partial charge on any atom is -0.271 e. The zero-order valence-electron chi connectivity index (χ0n) is 10.3. The number of halogens is 3. The quantitative estimate of drug-likeness (QED) is 0.459. The maximum absolute atomic E-state index is 12.5. The van der Waals surface area contributed by atoms with Crippen molar-refractivity contribution in [3.63, 3.8) is 0 Å². The molecule has 3 N–H and O–H groups in total. The van der Waals surface area contributed by atoms with Crippen molar-refractivity contribution in [1.82, 2.24) is 5.43 Å². The Morgan fingerprint density at radius 2 is 1.76 bits per heavy atom. The van der Waals surface area contributed by atoms with Gasteiger partial charge in [0, 0.05) is 6.04 Å². The molecule has 17 heavy (non-hydrogen) atoms. The van der Waals surface area contributed by atoms with Crippen LogP contribution in [0.15, 0.2) is 11.6 Å². The third-order valence-corrected chi connectivity index (χ3v) is 3.45. The van der Waals surface area contributed by atoms with Gasteiger partial charge in [-0.1, -0.05) is 11.6 Å². The molecular formula is C12H21F3N2. The third-order valence-electron chi connectivity index (χ3n) is 3.45. The van der Waals surface area contributed by atoms with Crippen molar-refractivity contribution in [3.05, 3.63) is 11.6 Å². The predicted octanol–water partition coefficient (Wildman–Crippen LogP) is 3.15. The molecule has 0 heterocycles. The van der Waals surface area contributed by atoms with Crippen molar-refractivity contribution < 1.29 is 13.2 Å². The van der Waals surface area contributed by atoms with Gasteiger partial charge in [0.25, 0.3) is 0 Å². The maximum atomic E-state index is 12.5. The second kappa shape index (κ2) is 5.87. The summed E-state index contributed by atoms with van der Waals surface area (Å²) in [7, 11) is 0. The molecule has 1 rings (SSSR count). The molecule has 0 aromatic heterocycles. The maximum Gasteiger partial charge on any atom is 0.391 e. The SMILES string of the molecule is CC(C)=CC(NN)C1CCC(C(F)(F)F)CC1. The van der Waals surface area contributed by atoms with E-state index in [9.17, 15) is 13.2 Å². The van der Waals surface area contributed by atoms with Crippen molar-refractivity contribution in [1.29, 1.82) is 0 Å². The van der Waals surface area contributed by atoms with Gasteiger partial charge >= 0.3 is 6.18 Å². The summed E-state index contributed by atoms with van der Waals surface area (Å²) in [5.41, 5.74) is 3.83. The highest BCUT2D eigenvalue weighted by molar-refractivity contribution is 5.03. The van der Waals surface area contributed by atoms with Gasteiger partial charge in [-0.2, -0.15) is 13.2 Å². The predicted molar refractivity (Wildman–Crippen MR) is 62.0 cm³/mol. The first-order valence-corrected chi connectivity index (χ1v) is 6.02. The lowest BCUT2D eigenvalue weighted by molar-refractivity contribution is -0.184. The van der Waals surface area contributed by atoms with Crippen LogP contribution in [-0.4, -0.2) is 12.2 Å². The van der Waals surface area contributed by atoms with Crippen molar-refractivity contribution in [2.75, 3.05) is 0 Å². The molecule has 1 aliphatic rings. The molecule has 1 atom stereocenters. The summed E-state index contributed by atoms with van der Waals surface area (Å²) in [5, 5.41) is 0. The Bertz CT molecular complexity index is 261. The molecule has 0 aliphatic heterocycles. The number of hydrazine groups is 1. The first-order chi connectivity index (χ1) is 7.84. The molecule has 1 saturated carbocycles. The van der Waals surface area contributed by atoms with E-state index in [1.807, 2.05) is 19.9 Å². The molecule has 0 radical (unpaired) electrons. The van der Waals surface area contributed by atoms with E-state index < -0.39 is 12.1 Å². The topological polar surface area (TPSA) is 38.0 Å². The van der Waals surface area contributed by atoms with Gasteiger partial charge in [-0.05, 0) is 45.4 Å². The Morgan fingerprint density at radius 1 is 1.24 bits per heavy atom. The Balaban J connectivity index is 2.53. The minimum absolute atomic E-state index is 0.00539. The average Bonchev–Trinajstić information content (AvgIpc) is 2.24. The van der Waals surface area contributed by atoms with Crippen LogP contribution in [0.5, 0.6) is 0 Å². The average molecular weight is 250 g/mol. The van der Waals surface area contributed by atoms with Gasteiger partial charge < -0.3 is 0 Å². The molecule has 0 amide bonds. The number of hydrogen-bond acceptors (Lipinski definition) is 2. The van der Waals surface area contributed by atoms with Crippen molar-refractivity contribution in [2.24, 2.45) is 17.7 Å². The molecule has 0 aromatic rings. The molecule has 0 bridgehead atoms. The van der Waals surface area contributed by atoms with Crippen LogP contribution in [0.3, 0.4) is 0 Å². The van der Waals surface area contributed by atoms with Gasteiger partial charge in [0.15, 0.2) is 0 Å². The Hall–Kier alpha value is -0.550. The fourth-order valence-corrected chi connectivity index (χ4v) is 2.49. The summed E-state index contributed by atoms with van der Waals surface area (Å²) in [4.78, 5) is 0. The number of rotatable bonds is 3. The minimum atomic E-state index is -4.03. The van der Waals surface area contributed by atoms with Gasteiger partial charge in [0.2, 0.25) is 0 Å². The van der Waals surface area contributed by atoms with Gasteiger partial charge in [-0.15, -0.1) is 0 Å². The lowest BCUT2D eigenvalue weighted by atomic mass is 9.78. The monoisotopic (exact) mass is 250 g/mol. The lowest BCUT2D eigenvalue weighted by Crippen LogP contribution is -2.42. The highest BCUT2D eigenvalue weighted by Crippen LogP contribution is 2.40. The van der Waals surface area contributed by atoms with Crippen molar-refractivity contribution >= 4 is 0 Å². The second-order valence-corrected chi connectivity index (χ2v) is 5.09. The highest BCUT2D eigenvalue weighted by Gasteiger charge is 2.42. The van der Waals surface area contributed by atoms with Gasteiger partial charge in [-0.25, -0.2) is 0 Å². The summed E-state index contributed by atoms with van der Waals surface area (Å²) in [6, 6.07) is -0.00539. The van der Waals surface area contributed by atoms with Crippen LogP contribution < -0.4 is 11.3 Å². The van der Waals surface area contributed by atoms with Gasteiger partial charge in [0.05, 0.1) is 5.92 Å². The van der Waals surface area contributed by atoms with Gasteiger partial charge in [0.1, 0.15) is 0 Å². The Morgan fingerprint density at radius 3 is 2.12 bits per heavy atom. The van der Waals surface area contributed by atoms with Crippen molar-refractivity contribution in [2.45, 2.75) is 51.7 Å². The highest BCUT2D eigenvalue weighted by atomic mass is 19.4. The van der Waals surface area contributed by atoms with Crippen LogP contribution in [0.1, 0.15) is 39.5 Å². The largest absolute Gasteiger partial charge is 0.391 e. The zero-order valence-corrected chi connectivity index (χ0v) is 10.3. The van der Waals surface area contributed by atoms with Crippen molar-refractivity contribution in [3.8, 4) is 0 Å². The van der Waals surface area contributed by atoms with E-state index >= 15 is 0 Å². The Labute approximate surface area is 100 Å². The van der Waals surface area contributed by atoms with E-state index in [0.717, 1.165) is 5.57 Å². The number of alkyl halides is 3. The fourth-order valence-electron chi connectivity index (χ4n) is 2.49. The second-order valence-electron chi connectivity index (χ2n) is 5.09. The molecule has 0 spiro atoms. The summed E-state index contributed by atoms with van der Waals surface area (Å²) < 4.78 is 37.5. The van der Waals surface area contributed by atoms with Gasteiger partial charge in [-0.3, -0.25) is 11.3 Å². The molecule has 1 unspecified atom stereocenters. The standard InChI is InChI=1S/C12H21F3N2/c1-8(2)7-11(17-16)9-3-5-10(6-4-9)12(13,14)15/h7,9-11,17H,3-6,16H2,1-2H3. The van der Waals surface area contributed by atoms with Crippen LogP contribution in [0.25, 0.3) is 0 Å². The molecule has 5 heteroatoms. The number of nitrogens with two attached hydrogens (primary N) is 1. The van der Waals surface area contributed by atoms with E-state index in [-0.39, 0.29) is 24.8 Å². The molecule has 2 nitrogen and oxygen atoms in total. The molecule has 100 valence electrons. The molecule has 1 aliphatic carbocycles. The lowest BCUT2D eigenvalue weighted by Gasteiger charge is -2.33. The molecule has 0 saturated heterocycles. The van der Waals surface area contributed by atoms with E-state index in [4.69, 9.17) is 5.84 Å². The summed E-state index contributed by atoms with van der Waals surface area (Å²) >= 11 is 0. The van der Waals surface area contributed by atoms with Crippen LogP contribution in [-0.2, 0) is 0 Å². The van der Waals surface area contributed by atoms with Crippen LogP contribution in [0, 0.1) is 11.8 Å². The molecular weight excluding hydrogens is 229 g/mol. The third kappa shape index (κ3) is 4.32.